The molecule has 1 aromatic heterocycles. The van der Waals surface area contributed by atoms with E-state index in [9.17, 15) is 9.59 Å². The number of nitrogens with one attached hydrogen (secondary N) is 2. The monoisotopic (exact) mass is 273 g/mol. The molecule has 6 nitrogen and oxygen atoms in total. The van der Waals surface area contributed by atoms with Crippen LogP contribution in [-0.2, 0) is 0 Å². The number of carbonyl (C=O) groups excluding carboxylic acids is 2. The Hall–Kier alpha value is -2.63. The number of hydrogen-bond donors (Lipinski definition) is 2. The third-order valence-electron chi connectivity index (χ3n) is 2.87. The van der Waals surface area contributed by atoms with E-state index in [1.807, 2.05) is 0 Å². The summed E-state index contributed by atoms with van der Waals surface area (Å²) in [5.41, 5.74) is 1.96. The number of rotatable bonds is 3. The average molecular weight is 273 g/mol. The van der Waals surface area contributed by atoms with Gasteiger partial charge in [0.15, 0.2) is 0 Å². The number of hydrogen-bond acceptors (Lipinski definition) is 4. The predicted octanol–water partition coefficient (Wildman–Crippen LogP) is 1.90. The van der Waals surface area contributed by atoms with Crippen molar-refractivity contribution in [3.8, 4) is 0 Å². The minimum atomic E-state index is -0.310. The van der Waals surface area contributed by atoms with Gasteiger partial charge < -0.3 is 15.2 Å². The molecule has 0 atom stereocenters. The number of nitrogens with zero attached hydrogens (tertiary/aromatic N) is 1. The molecule has 0 spiro atoms. The van der Waals surface area contributed by atoms with Crippen LogP contribution in [0.2, 0.25) is 0 Å². The predicted molar refractivity (Wildman–Crippen MR) is 73.8 cm³/mol. The first-order valence-electron chi connectivity index (χ1n) is 6.09. The molecule has 0 radical (unpaired) electrons. The standard InChI is InChI=1S/C14H15N3O3/c1-8-12(9(2)20-17-8)14(19)16-11-6-4-5-10(7-11)13(18)15-3/h4-7H,1-3H3,(H,15,18)(H,16,19). The third kappa shape index (κ3) is 2.69. The van der Waals surface area contributed by atoms with Gasteiger partial charge in [-0.05, 0) is 32.0 Å². The molecule has 2 aromatic rings. The van der Waals surface area contributed by atoms with Crippen molar-refractivity contribution in [2.75, 3.05) is 12.4 Å². The Kier molecular flexibility index (Phi) is 3.84. The van der Waals surface area contributed by atoms with Crippen molar-refractivity contribution in [3.63, 3.8) is 0 Å². The van der Waals surface area contributed by atoms with E-state index in [-0.39, 0.29) is 11.8 Å². The van der Waals surface area contributed by atoms with Crippen LogP contribution < -0.4 is 10.6 Å². The molecule has 2 amide bonds. The smallest absolute Gasteiger partial charge is 0.261 e. The molecule has 104 valence electrons. The number of benzene rings is 1. The molecule has 6 heteroatoms. The van der Waals surface area contributed by atoms with Crippen molar-refractivity contribution < 1.29 is 14.1 Å². The Morgan fingerprint density at radius 3 is 2.55 bits per heavy atom. The normalized spacial score (nSPS) is 10.2. The van der Waals surface area contributed by atoms with E-state index < -0.39 is 0 Å². The zero-order valence-electron chi connectivity index (χ0n) is 11.5. The molecule has 0 aliphatic carbocycles. The zero-order valence-corrected chi connectivity index (χ0v) is 11.5. The Labute approximate surface area is 116 Å². The largest absolute Gasteiger partial charge is 0.361 e. The maximum Gasteiger partial charge on any atom is 0.261 e. The second kappa shape index (κ2) is 5.56. The van der Waals surface area contributed by atoms with E-state index in [2.05, 4.69) is 15.8 Å². The average Bonchev–Trinajstić information content (AvgIpc) is 2.77. The highest BCUT2D eigenvalue weighted by Crippen LogP contribution is 2.16. The topological polar surface area (TPSA) is 84.2 Å². The van der Waals surface area contributed by atoms with E-state index in [1.165, 1.54) is 0 Å². The van der Waals surface area contributed by atoms with Gasteiger partial charge in [0, 0.05) is 18.3 Å². The molecule has 0 aliphatic heterocycles. The summed E-state index contributed by atoms with van der Waals surface area (Å²) in [6.45, 7) is 3.38. The van der Waals surface area contributed by atoms with Gasteiger partial charge in [0.05, 0.1) is 5.69 Å². The van der Waals surface area contributed by atoms with E-state index in [4.69, 9.17) is 4.52 Å². The first-order valence-corrected chi connectivity index (χ1v) is 6.09. The summed E-state index contributed by atoms with van der Waals surface area (Å²) in [4.78, 5) is 23.7. The van der Waals surface area contributed by atoms with Gasteiger partial charge in [-0.15, -0.1) is 0 Å². The van der Waals surface area contributed by atoms with Gasteiger partial charge in [0.2, 0.25) is 0 Å². The molecule has 1 aromatic carbocycles. The van der Waals surface area contributed by atoms with Crippen molar-refractivity contribution in [1.82, 2.24) is 10.5 Å². The lowest BCUT2D eigenvalue weighted by Crippen LogP contribution is -2.18. The molecule has 0 fully saturated rings. The van der Waals surface area contributed by atoms with E-state index in [0.717, 1.165) is 0 Å². The van der Waals surface area contributed by atoms with Crippen molar-refractivity contribution in [3.05, 3.63) is 46.8 Å². The van der Waals surface area contributed by atoms with Crippen LogP contribution in [0.15, 0.2) is 28.8 Å². The van der Waals surface area contributed by atoms with Gasteiger partial charge in [0.1, 0.15) is 11.3 Å². The van der Waals surface area contributed by atoms with Gasteiger partial charge in [0.25, 0.3) is 11.8 Å². The number of anilines is 1. The quantitative estimate of drug-likeness (QED) is 0.894. The fourth-order valence-corrected chi connectivity index (χ4v) is 1.88. The molecular weight excluding hydrogens is 258 g/mol. The minimum absolute atomic E-state index is 0.210. The van der Waals surface area contributed by atoms with Gasteiger partial charge in [-0.2, -0.15) is 0 Å². The second-order valence-electron chi connectivity index (χ2n) is 4.31. The maximum absolute atomic E-state index is 12.2. The van der Waals surface area contributed by atoms with Crippen molar-refractivity contribution >= 4 is 17.5 Å². The molecule has 2 rings (SSSR count). The van der Waals surface area contributed by atoms with E-state index in [1.54, 1.807) is 45.2 Å². The van der Waals surface area contributed by atoms with Crippen LogP contribution in [0.25, 0.3) is 0 Å². The van der Waals surface area contributed by atoms with Gasteiger partial charge >= 0.3 is 0 Å². The Morgan fingerprint density at radius 1 is 1.20 bits per heavy atom. The molecule has 20 heavy (non-hydrogen) atoms. The summed E-state index contributed by atoms with van der Waals surface area (Å²) in [6, 6.07) is 6.69. The molecule has 0 saturated heterocycles. The van der Waals surface area contributed by atoms with E-state index >= 15 is 0 Å². The summed E-state index contributed by atoms with van der Waals surface area (Å²) < 4.78 is 4.96. The summed E-state index contributed by atoms with van der Waals surface area (Å²) in [6.07, 6.45) is 0. The fourth-order valence-electron chi connectivity index (χ4n) is 1.88. The zero-order chi connectivity index (χ0) is 14.7. The van der Waals surface area contributed by atoms with Crippen molar-refractivity contribution in [1.29, 1.82) is 0 Å². The highest BCUT2D eigenvalue weighted by atomic mass is 16.5. The highest BCUT2D eigenvalue weighted by Gasteiger charge is 2.17. The van der Waals surface area contributed by atoms with E-state index in [0.29, 0.717) is 28.3 Å². The number of aryl methyl sites for hydroxylation is 2. The van der Waals surface area contributed by atoms with Gasteiger partial charge in [-0.3, -0.25) is 9.59 Å². The van der Waals surface area contributed by atoms with Crippen LogP contribution >= 0.6 is 0 Å². The Balaban J connectivity index is 2.22. The van der Waals surface area contributed by atoms with Crippen LogP contribution in [0, 0.1) is 13.8 Å². The molecule has 0 saturated carbocycles. The number of carbonyl (C=O) groups is 2. The molecular formula is C14H15N3O3. The number of aromatic nitrogens is 1. The lowest BCUT2D eigenvalue weighted by atomic mass is 10.1. The van der Waals surface area contributed by atoms with Crippen LogP contribution in [0.4, 0.5) is 5.69 Å². The second-order valence-corrected chi connectivity index (χ2v) is 4.31. The van der Waals surface area contributed by atoms with Gasteiger partial charge in [-0.1, -0.05) is 11.2 Å². The SMILES string of the molecule is CNC(=O)c1cccc(NC(=O)c2c(C)noc2C)c1. The Bertz CT molecular complexity index is 642. The summed E-state index contributed by atoms with van der Waals surface area (Å²) >= 11 is 0. The van der Waals surface area contributed by atoms with Gasteiger partial charge in [-0.25, -0.2) is 0 Å². The molecule has 0 aliphatic rings. The number of amides is 2. The molecule has 0 bridgehead atoms. The minimum Gasteiger partial charge on any atom is -0.361 e. The van der Waals surface area contributed by atoms with Crippen LogP contribution in [0.3, 0.4) is 0 Å². The third-order valence-corrected chi connectivity index (χ3v) is 2.87. The lowest BCUT2D eigenvalue weighted by molar-refractivity contribution is 0.0961. The van der Waals surface area contributed by atoms with Crippen molar-refractivity contribution in [2.24, 2.45) is 0 Å². The Morgan fingerprint density at radius 2 is 1.95 bits per heavy atom. The molecule has 1 heterocycles. The van der Waals surface area contributed by atoms with Crippen molar-refractivity contribution in [2.45, 2.75) is 13.8 Å². The van der Waals surface area contributed by atoms with Crippen LogP contribution in [0.1, 0.15) is 32.2 Å². The summed E-state index contributed by atoms with van der Waals surface area (Å²) in [5, 5.41) is 9.00. The lowest BCUT2D eigenvalue weighted by Gasteiger charge is -2.06. The van der Waals surface area contributed by atoms with Crippen LogP contribution in [-0.4, -0.2) is 24.0 Å². The maximum atomic E-state index is 12.2. The molecule has 0 unspecified atom stereocenters. The molecule has 2 N–H and O–H groups in total. The summed E-state index contributed by atoms with van der Waals surface area (Å²) in [7, 11) is 1.55. The van der Waals surface area contributed by atoms with Crippen LogP contribution in [0.5, 0.6) is 0 Å². The first-order chi connectivity index (χ1) is 9.52. The first kappa shape index (κ1) is 13.8. The fraction of sp³-hybridized carbons (Fsp3) is 0.214. The highest BCUT2D eigenvalue weighted by molar-refractivity contribution is 6.06. The summed E-state index contributed by atoms with van der Waals surface area (Å²) in [5.74, 6) is -0.0591.